The Bertz CT molecular complexity index is 561. The Labute approximate surface area is 120 Å². The number of nitrogens with zero attached hydrogens (tertiary/aromatic N) is 1. The summed E-state index contributed by atoms with van der Waals surface area (Å²) in [6.45, 7) is 9.05. The number of fused-ring (bicyclic) bond motifs is 1. The first-order chi connectivity index (χ1) is 9.74. The minimum atomic E-state index is 0.679. The van der Waals surface area contributed by atoms with Crippen LogP contribution in [0.1, 0.15) is 25.8 Å². The summed E-state index contributed by atoms with van der Waals surface area (Å²) < 4.78 is 5.57. The Morgan fingerprint density at radius 3 is 3.00 bits per heavy atom. The number of furan rings is 1. The van der Waals surface area contributed by atoms with Crippen LogP contribution in [-0.2, 0) is 6.54 Å². The van der Waals surface area contributed by atoms with Crippen LogP contribution in [0.2, 0.25) is 0 Å². The predicted molar refractivity (Wildman–Crippen MR) is 82.7 cm³/mol. The van der Waals surface area contributed by atoms with Crippen LogP contribution in [0.4, 0.5) is 0 Å². The van der Waals surface area contributed by atoms with Crippen LogP contribution in [0.5, 0.6) is 0 Å². The first-order valence-electron chi connectivity index (χ1n) is 7.64. The number of likely N-dealkylation sites (tertiary alicyclic amines) is 1. The Morgan fingerprint density at radius 2 is 2.20 bits per heavy atom. The molecule has 1 aliphatic heterocycles. The van der Waals surface area contributed by atoms with Crippen molar-refractivity contribution in [2.75, 3.05) is 19.6 Å². The fourth-order valence-electron chi connectivity index (χ4n) is 3.08. The van der Waals surface area contributed by atoms with Crippen molar-refractivity contribution in [3.05, 3.63) is 36.1 Å². The molecule has 108 valence electrons. The van der Waals surface area contributed by atoms with Gasteiger partial charge in [0.1, 0.15) is 5.58 Å². The van der Waals surface area contributed by atoms with Gasteiger partial charge in [0.2, 0.25) is 0 Å². The molecule has 2 aromatic rings. The molecule has 1 aliphatic rings. The minimum Gasteiger partial charge on any atom is -0.464 e. The van der Waals surface area contributed by atoms with E-state index in [1.807, 2.05) is 18.4 Å². The first kappa shape index (κ1) is 13.7. The van der Waals surface area contributed by atoms with E-state index in [0.29, 0.717) is 6.04 Å². The van der Waals surface area contributed by atoms with Crippen LogP contribution in [0.25, 0.3) is 11.0 Å². The molecule has 3 heteroatoms. The highest BCUT2D eigenvalue weighted by molar-refractivity contribution is 5.80. The van der Waals surface area contributed by atoms with Gasteiger partial charge >= 0.3 is 0 Å². The van der Waals surface area contributed by atoms with Gasteiger partial charge in [-0.1, -0.05) is 18.2 Å². The van der Waals surface area contributed by atoms with Crippen molar-refractivity contribution in [3.63, 3.8) is 0 Å². The highest BCUT2D eigenvalue weighted by atomic mass is 16.3. The van der Waals surface area contributed by atoms with E-state index in [-0.39, 0.29) is 0 Å². The summed E-state index contributed by atoms with van der Waals surface area (Å²) >= 11 is 0. The largest absolute Gasteiger partial charge is 0.464 e. The van der Waals surface area contributed by atoms with Gasteiger partial charge < -0.3 is 14.6 Å². The second kappa shape index (κ2) is 5.98. The maximum Gasteiger partial charge on any atom is 0.134 e. The van der Waals surface area contributed by atoms with Crippen molar-refractivity contribution >= 4 is 11.0 Å². The van der Waals surface area contributed by atoms with Crippen LogP contribution in [0.15, 0.2) is 34.9 Å². The lowest BCUT2D eigenvalue weighted by Crippen LogP contribution is -2.30. The van der Waals surface area contributed by atoms with Crippen LogP contribution in [-0.4, -0.2) is 30.6 Å². The Hall–Kier alpha value is -1.32. The molecule has 0 radical (unpaired) electrons. The number of para-hydroxylation sites is 1. The third kappa shape index (κ3) is 2.89. The zero-order valence-electron chi connectivity index (χ0n) is 12.4. The van der Waals surface area contributed by atoms with Crippen molar-refractivity contribution in [2.24, 2.45) is 5.92 Å². The number of nitrogens with one attached hydrogen (secondary N) is 1. The minimum absolute atomic E-state index is 0.679. The summed E-state index contributed by atoms with van der Waals surface area (Å²) in [5.41, 5.74) is 2.25. The first-order valence-corrected chi connectivity index (χ1v) is 7.64. The number of hydrogen-bond donors (Lipinski definition) is 1. The molecule has 0 bridgehead atoms. The molecule has 1 aromatic carbocycles. The molecular formula is C17H24N2O. The lowest BCUT2D eigenvalue weighted by Gasteiger charge is -2.20. The Balaban J connectivity index is 1.51. The van der Waals surface area contributed by atoms with E-state index in [1.165, 1.54) is 30.5 Å². The van der Waals surface area contributed by atoms with Gasteiger partial charge in [0.25, 0.3) is 0 Å². The third-order valence-corrected chi connectivity index (χ3v) is 4.36. The van der Waals surface area contributed by atoms with E-state index in [1.54, 1.807) is 0 Å². The van der Waals surface area contributed by atoms with E-state index in [9.17, 15) is 0 Å². The average molecular weight is 272 g/mol. The van der Waals surface area contributed by atoms with Gasteiger partial charge in [-0.25, -0.2) is 0 Å². The van der Waals surface area contributed by atoms with E-state index in [2.05, 4.69) is 36.2 Å². The Morgan fingerprint density at radius 1 is 1.35 bits per heavy atom. The molecule has 1 atom stereocenters. The van der Waals surface area contributed by atoms with E-state index in [4.69, 9.17) is 4.42 Å². The maximum absolute atomic E-state index is 5.57. The summed E-state index contributed by atoms with van der Waals surface area (Å²) in [6.07, 6.45) is 3.20. The van der Waals surface area contributed by atoms with Crippen LogP contribution in [0, 0.1) is 5.92 Å². The summed E-state index contributed by atoms with van der Waals surface area (Å²) in [7, 11) is 0. The standard InChI is InChI=1S/C17H24N2O/c1-13(2)19-8-7-14(11-19)9-18-10-15-12-20-17-6-4-3-5-16(15)17/h3-6,12-14,18H,7-11H2,1-2H3. The molecule has 3 rings (SSSR count). The van der Waals surface area contributed by atoms with Crippen molar-refractivity contribution in [1.29, 1.82) is 0 Å². The lowest BCUT2D eigenvalue weighted by molar-refractivity contribution is 0.264. The number of hydrogen-bond acceptors (Lipinski definition) is 3. The topological polar surface area (TPSA) is 28.4 Å². The molecule has 1 saturated heterocycles. The predicted octanol–water partition coefficient (Wildman–Crippen LogP) is 3.25. The smallest absolute Gasteiger partial charge is 0.134 e. The molecule has 0 amide bonds. The zero-order valence-corrected chi connectivity index (χ0v) is 12.4. The van der Waals surface area contributed by atoms with Gasteiger partial charge in [0, 0.05) is 30.1 Å². The van der Waals surface area contributed by atoms with Crippen molar-refractivity contribution in [1.82, 2.24) is 10.2 Å². The molecular weight excluding hydrogens is 248 g/mol. The van der Waals surface area contributed by atoms with E-state index in [0.717, 1.165) is 24.6 Å². The van der Waals surface area contributed by atoms with Crippen molar-refractivity contribution in [2.45, 2.75) is 32.9 Å². The SMILES string of the molecule is CC(C)N1CCC(CNCc2coc3ccccc23)C1. The summed E-state index contributed by atoms with van der Waals surface area (Å²) in [5, 5.41) is 4.83. The van der Waals surface area contributed by atoms with E-state index >= 15 is 0 Å². The normalized spacial score (nSPS) is 20.2. The quantitative estimate of drug-likeness (QED) is 0.905. The maximum atomic E-state index is 5.57. The molecule has 1 fully saturated rings. The zero-order chi connectivity index (χ0) is 13.9. The molecule has 0 saturated carbocycles. The Kier molecular flexibility index (Phi) is 4.08. The third-order valence-electron chi connectivity index (χ3n) is 4.36. The number of benzene rings is 1. The molecule has 3 nitrogen and oxygen atoms in total. The van der Waals surface area contributed by atoms with Crippen LogP contribution >= 0.6 is 0 Å². The van der Waals surface area contributed by atoms with Crippen molar-refractivity contribution < 1.29 is 4.42 Å². The highest BCUT2D eigenvalue weighted by Crippen LogP contribution is 2.21. The summed E-state index contributed by atoms with van der Waals surface area (Å²) in [6, 6.07) is 8.92. The van der Waals surface area contributed by atoms with Crippen molar-refractivity contribution in [3.8, 4) is 0 Å². The van der Waals surface area contributed by atoms with Gasteiger partial charge in [0.15, 0.2) is 0 Å². The van der Waals surface area contributed by atoms with Gasteiger partial charge in [0.05, 0.1) is 6.26 Å². The monoisotopic (exact) mass is 272 g/mol. The molecule has 1 N–H and O–H groups in total. The van der Waals surface area contributed by atoms with Gasteiger partial charge in [-0.2, -0.15) is 0 Å². The second-order valence-corrected chi connectivity index (χ2v) is 6.13. The molecule has 20 heavy (non-hydrogen) atoms. The summed E-state index contributed by atoms with van der Waals surface area (Å²) in [5.74, 6) is 0.788. The van der Waals surface area contributed by atoms with Crippen LogP contribution < -0.4 is 5.32 Å². The van der Waals surface area contributed by atoms with Gasteiger partial charge in [-0.05, 0) is 45.3 Å². The molecule has 1 aromatic heterocycles. The average Bonchev–Trinajstić information content (AvgIpc) is 3.06. The lowest BCUT2D eigenvalue weighted by atomic mass is 10.1. The van der Waals surface area contributed by atoms with Gasteiger partial charge in [-0.15, -0.1) is 0 Å². The number of rotatable bonds is 5. The van der Waals surface area contributed by atoms with E-state index < -0.39 is 0 Å². The molecule has 0 aliphatic carbocycles. The van der Waals surface area contributed by atoms with Gasteiger partial charge in [-0.3, -0.25) is 0 Å². The second-order valence-electron chi connectivity index (χ2n) is 6.13. The van der Waals surface area contributed by atoms with Crippen LogP contribution in [0.3, 0.4) is 0 Å². The summed E-state index contributed by atoms with van der Waals surface area (Å²) in [4.78, 5) is 2.57. The fourth-order valence-corrected chi connectivity index (χ4v) is 3.08. The molecule has 0 spiro atoms. The highest BCUT2D eigenvalue weighted by Gasteiger charge is 2.23. The molecule has 2 heterocycles. The molecule has 1 unspecified atom stereocenters. The fraction of sp³-hybridized carbons (Fsp3) is 0.529.